The van der Waals surface area contributed by atoms with E-state index >= 15 is 0 Å². The first kappa shape index (κ1) is 14.3. The van der Waals surface area contributed by atoms with Gasteiger partial charge in [-0.1, -0.05) is 0 Å². The number of carbonyl (C=O) groups is 2. The average molecular weight is 269 g/mol. The van der Waals surface area contributed by atoms with Crippen LogP contribution in [0.25, 0.3) is 0 Å². The predicted octanol–water partition coefficient (Wildman–Crippen LogP) is -0.523. The van der Waals surface area contributed by atoms with Crippen LogP contribution < -0.4 is 11.1 Å². The standard InChI is InChI=1S/C13H23N3O3/c1-19-10(7-14)6-13(18)16-5-4-11-9(8-16)2-3-12(17)15-11/h9-11H,2-8,14H2,1H3,(H,15,17). The lowest BCUT2D eigenvalue weighted by molar-refractivity contribution is -0.137. The lowest BCUT2D eigenvalue weighted by Gasteiger charge is -2.41. The number of nitrogens with one attached hydrogen (secondary N) is 1. The van der Waals surface area contributed by atoms with Gasteiger partial charge in [0.2, 0.25) is 11.8 Å². The molecule has 3 atom stereocenters. The highest BCUT2D eigenvalue weighted by Crippen LogP contribution is 2.25. The summed E-state index contributed by atoms with van der Waals surface area (Å²) in [5.74, 6) is 0.644. The number of ether oxygens (including phenoxy) is 1. The molecule has 0 radical (unpaired) electrons. The van der Waals surface area contributed by atoms with Crippen LogP contribution in [0.2, 0.25) is 0 Å². The Bertz CT molecular complexity index is 344. The molecule has 2 rings (SSSR count). The summed E-state index contributed by atoms with van der Waals surface area (Å²) >= 11 is 0. The van der Waals surface area contributed by atoms with E-state index in [9.17, 15) is 9.59 Å². The number of hydrogen-bond donors (Lipinski definition) is 2. The summed E-state index contributed by atoms with van der Waals surface area (Å²) in [4.78, 5) is 25.4. The fourth-order valence-corrected chi connectivity index (χ4v) is 2.92. The van der Waals surface area contributed by atoms with E-state index in [0.717, 1.165) is 19.4 Å². The molecule has 0 spiro atoms. The number of fused-ring (bicyclic) bond motifs is 1. The van der Waals surface area contributed by atoms with Crippen LogP contribution in [0, 0.1) is 5.92 Å². The van der Waals surface area contributed by atoms with Gasteiger partial charge in [0.05, 0.1) is 12.5 Å². The van der Waals surface area contributed by atoms with Gasteiger partial charge in [-0.15, -0.1) is 0 Å². The zero-order valence-corrected chi connectivity index (χ0v) is 11.4. The Morgan fingerprint density at radius 1 is 1.58 bits per heavy atom. The van der Waals surface area contributed by atoms with Crippen molar-refractivity contribution in [3.63, 3.8) is 0 Å². The van der Waals surface area contributed by atoms with E-state index in [0.29, 0.717) is 31.8 Å². The van der Waals surface area contributed by atoms with Gasteiger partial charge in [-0.05, 0) is 18.8 Å². The van der Waals surface area contributed by atoms with Gasteiger partial charge in [-0.3, -0.25) is 9.59 Å². The molecular weight excluding hydrogens is 246 g/mol. The molecule has 0 aliphatic carbocycles. The summed E-state index contributed by atoms with van der Waals surface area (Å²) in [6, 6.07) is 0.248. The van der Waals surface area contributed by atoms with Crippen molar-refractivity contribution in [2.24, 2.45) is 11.7 Å². The number of amides is 2. The third kappa shape index (κ3) is 3.45. The van der Waals surface area contributed by atoms with Gasteiger partial charge in [0.1, 0.15) is 0 Å². The Balaban J connectivity index is 1.86. The molecule has 2 fully saturated rings. The summed E-state index contributed by atoms with van der Waals surface area (Å²) in [6.07, 6.45) is 2.45. The number of rotatable bonds is 4. The lowest BCUT2D eigenvalue weighted by atomic mass is 9.85. The molecule has 19 heavy (non-hydrogen) atoms. The fourth-order valence-electron chi connectivity index (χ4n) is 2.92. The van der Waals surface area contributed by atoms with Crippen LogP contribution in [0.4, 0.5) is 0 Å². The van der Waals surface area contributed by atoms with Crippen molar-refractivity contribution in [1.82, 2.24) is 10.2 Å². The number of hydrogen-bond acceptors (Lipinski definition) is 4. The highest BCUT2D eigenvalue weighted by molar-refractivity contribution is 5.78. The van der Waals surface area contributed by atoms with Crippen LogP contribution in [0.3, 0.4) is 0 Å². The third-order valence-corrected chi connectivity index (χ3v) is 4.17. The quantitative estimate of drug-likeness (QED) is 0.719. The summed E-state index contributed by atoms with van der Waals surface area (Å²) in [5, 5.41) is 3.02. The topological polar surface area (TPSA) is 84.7 Å². The maximum Gasteiger partial charge on any atom is 0.225 e. The summed E-state index contributed by atoms with van der Waals surface area (Å²) < 4.78 is 5.15. The molecule has 6 nitrogen and oxygen atoms in total. The van der Waals surface area contributed by atoms with Gasteiger partial charge in [-0.2, -0.15) is 0 Å². The molecule has 2 saturated heterocycles. The first-order valence-electron chi connectivity index (χ1n) is 6.94. The molecule has 3 N–H and O–H groups in total. The largest absolute Gasteiger partial charge is 0.380 e. The minimum absolute atomic E-state index is 0.104. The van der Waals surface area contributed by atoms with Crippen LogP contribution in [-0.2, 0) is 14.3 Å². The van der Waals surface area contributed by atoms with E-state index in [1.165, 1.54) is 0 Å². The van der Waals surface area contributed by atoms with Gasteiger partial charge in [0.25, 0.3) is 0 Å². The van der Waals surface area contributed by atoms with Gasteiger partial charge in [0, 0.05) is 39.2 Å². The third-order valence-electron chi connectivity index (χ3n) is 4.17. The SMILES string of the molecule is COC(CN)CC(=O)N1CCC2NC(=O)CCC2C1. The Hall–Kier alpha value is -1.14. The van der Waals surface area contributed by atoms with Crippen LogP contribution >= 0.6 is 0 Å². The van der Waals surface area contributed by atoms with Crippen molar-refractivity contribution in [1.29, 1.82) is 0 Å². The van der Waals surface area contributed by atoms with Crippen molar-refractivity contribution in [3.05, 3.63) is 0 Å². The van der Waals surface area contributed by atoms with Gasteiger partial charge < -0.3 is 20.7 Å². The van der Waals surface area contributed by atoms with E-state index < -0.39 is 0 Å². The monoisotopic (exact) mass is 269 g/mol. The average Bonchev–Trinajstić information content (AvgIpc) is 2.43. The Kier molecular flexibility index (Phi) is 4.76. The molecule has 3 unspecified atom stereocenters. The maximum atomic E-state index is 12.2. The molecule has 2 aliphatic rings. The molecule has 2 amide bonds. The Morgan fingerprint density at radius 2 is 2.37 bits per heavy atom. The van der Waals surface area contributed by atoms with Gasteiger partial charge in [0.15, 0.2) is 0 Å². The summed E-state index contributed by atoms with van der Waals surface area (Å²) in [6.45, 7) is 1.81. The summed E-state index contributed by atoms with van der Waals surface area (Å²) in [7, 11) is 1.58. The van der Waals surface area contributed by atoms with Crippen LogP contribution in [0.5, 0.6) is 0 Å². The zero-order valence-electron chi connectivity index (χ0n) is 11.4. The number of carbonyl (C=O) groups excluding carboxylic acids is 2. The van der Waals surface area contributed by atoms with Crippen LogP contribution in [0.15, 0.2) is 0 Å². The van der Waals surface area contributed by atoms with Crippen LogP contribution in [-0.4, -0.2) is 55.6 Å². The van der Waals surface area contributed by atoms with E-state index in [4.69, 9.17) is 10.5 Å². The second-order valence-corrected chi connectivity index (χ2v) is 5.40. The van der Waals surface area contributed by atoms with E-state index in [2.05, 4.69) is 5.32 Å². The van der Waals surface area contributed by atoms with Gasteiger partial charge >= 0.3 is 0 Å². The normalized spacial score (nSPS) is 28.5. The molecule has 0 bridgehead atoms. The van der Waals surface area contributed by atoms with E-state index in [-0.39, 0.29) is 24.0 Å². The lowest BCUT2D eigenvalue weighted by Crippen LogP contribution is -2.55. The minimum Gasteiger partial charge on any atom is -0.380 e. The van der Waals surface area contributed by atoms with E-state index in [1.54, 1.807) is 7.11 Å². The molecule has 0 aromatic carbocycles. The molecule has 6 heteroatoms. The molecule has 2 aliphatic heterocycles. The minimum atomic E-state index is -0.198. The van der Waals surface area contributed by atoms with Crippen molar-refractivity contribution in [3.8, 4) is 0 Å². The number of likely N-dealkylation sites (tertiary alicyclic amines) is 1. The Morgan fingerprint density at radius 3 is 3.05 bits per heavy atom. The fraction of sp³-hybridized carbons (Fsp3) is 0.846. The molecule has 2 heterocycles. The van der Waals surface area contributed by atoms with Crippen LogP contribution in [0.1, 0.15) is 25.7 Å². The molecular formula is C13H23N3O3. The highest BCUT2D eigenvalue weighted by Gasteiger charge is 2.35. The Labute approximate surface area is 113 Å². The first-order chi connectivity index (χ1) is 9.13. The second-order valence-electron chi connectivity index (χ2n) is 5.40. The smallest absolute Gasteiger partial charge is 0.225 e. The zero-order chi connectivity index (χ0) is 13.8. The number of methoxy groups -OCH3 is 1. The first-order valence-corrected chi connectivity index (χ1v) is 6.94. The highest BCUT2D eigenvalue weighted by atomic mass is 16.5. The second kappa shape index (κ2) is 6.34. The molecule has 108 valence electrons. The maximum absolute atomic E-state index is 12.2. The number of piperidine rings is 2. The van der Waals surface area contributed by atoms with Crippen molar-refractivity contribution >= 4 is 11.8 Å². The molecule has 0 aromatic heterocycles. The molecule has 0 saturated carbocycles. The van der Waals surface area contributed by atoms with Crippen molar-refractivity contribution in [2.45, 2.75) is 37.8 Å². The summed E-state index contributed by atoms with van der Waals surface area (Å²) in [5.41, 5.74) is 5.54. The number of nitrogens with zero attached hydrogens (tertiary/aromatic N) is 1. The van der Waals surface area contributed by atoms with E-state index in [1.807, 2.05) is 4.90 Å². The van der Waals surface area contributed by atoms with Crippen molar-refractivity contribution in [2.75, 3.05) is 26.7 Å². The van der Waals surface area contributed by atoms with Gasteiger partial charge in [-0.25, -0.2) is 0 Å². The predicted molar refractivity (Wildman–Crippen MR) is 70.3 cm³/mol. The van der Waals surface area contributed by atoms with Crippen molar-refractivity contribution < 1.29 is 14.3 Å². The number of nitrogens with two attached hydrogens (primary N) is 1. The molecule has 0 aromatic rings.